The predicted molar refractivity (Wildman–Crippen MR) is 151 cm³/mol. The minimum atomic E-state index is -1.78. The molecule has 2 aliphatic heterocycles. The molecular weight excluding hydrogens is 605 g/mol. The number of amides is 2. The number of hydrogen-bond donors (Lipinski definition) is 5. The number of thiocarbonyl (C=S) groups is 1. The third kappa shape index (κ3) is 4.24. The summed E-state index contributed by atoms with van der Waals surface area (Å²) in [5.41, 5.74) is 2.74. The number of benzene rings is 1. The lowest BCUT2D eigenvalue weighted by molar-refractivity contribution is -0.153. The third-order valence-electron chi connectivity index (χ3n) is 5.99. The van der Waals surface area contributed by atoms with E-state index < -0.39 is 45.6 Å². The van der Waals surface area contributed by atoms with E-state index >= 15 is 0 Å². The molecule has 18 heteroatoms. The number of fused-ring (bicyclic) bond motifs is 2. The number of nitrogen functional groups attached to an aromatic ring is 1. The average Bonchev–Trinajstić information content (AvgIpc) is 3.35. The number of nitrogens with zero attached hydrogens (tertiary/aromatic N) is 4. The van der Waals surface area contributed by atoms with Gasteiger partial charge < -0.3 is 31.2 Å². The fraction of sp³-hybridized carbons (Fsp3) is 0.182. The molecule has 0 saturated carbocycles. The van der Waals surface area contributed by atoms with Gasteiger partial charge in [0.25, 0.3) is 11.8 Å². The molecule has 0 unspecified atom stereocenters. The second-order valence-corrected chi connectivity index (χ2v) is 11.5. The van der Waals surface area contributed by atoms with Gasteiger partial charge in [-0.2, -0.15) is 9.36 Å². The van der Waals surface area contributed by atoms with E-state index in [1.165, 1.54) is 19.2 Å². The first kappa shape index (κ1) is 27.4. The molecule has 0 radical (unpaired) electrons. The Bertz CT molecular complexity index is 1750. The Kier molecular flexibility index (Phi) is 6.94. The van der Waals surface area contributed by atoms with E-state index in [-0.39, 0.29) is 44.0 Å². The van der Waals surface area contributed by atoms with Gasteiger partial charge in [-0.05, 0) is 6.07 Å². The molecule has 1 fully saturated rings. The highest BCUT2D eigenvalue weighted by Gasteiger charge is 2.65. The summed E-state index contributed by atoms with van der Waals surface area (Å²) >= 11 is 8.08. The highest BCUT2D eigenvalue weighted by Crippen LogP contribution is 2.48. The summed E-state index contributed by atoms with van der Waals surface area (Å²) in [5, 5.41) is 36.2. The van der Waals surface area contributed by atoms with Crippen LogP contribution < -0.4 is 16.5 Å². The molecule has 1 aromatic carbocycles. The minimum Gasteiger partial charge on any atom is -0.504 e. The van der Waals surface area contributed by atoms with Gasteiger partial charge >= 0.3 is 5.97 Å². The van der Waals surface area contributed by atoms with Crippen molar-refractivity contribution < 1.29 is 34.5 Å². The van der Waals surface area contributed by atoms with Gasteiger partial charge in [-0.1, -0.05) is 17.4 Å². The SMILES string of the molecule is CO/N=C(\C(=O)N[C@]1(C=S)C(=O)N2C(C(=O)O)=C(c3cc(=O)c4cc(O)c(O)cc4s3)CS[C@H]21)c1nsc(N)n1. The van der Waals surface area contributed by atoms with Crippen LogP contribution in [0.1, 0.15) is 10.7 Å². The maximum absolute atomic E-state index is 13.5. The number of aromatic hydroxyl groups is 2. The summed E-state index contributed by atoms with van der Waals surface area (Å²) in [7, 11) is 1.20. The average molecular weight is 621 g/mol. The molecule has 6 N–H and O–H groups in total. The lowest BCUT2D eigenvalue weighted by Crippen LogP contribution is -2.80. The smallest absolute Gasteiger partial charge is 0.353 e. The molecule has 1 saturated heterocycles. The van der Waals surface area contributed by atoms with Crippen molar-refractivity contribution in [1.29, 1.82) is 0 Å². The summed E-state index contributed by atoms with van der Waals surface area (Å²) in [5.74, 6) is -4.18. The number of oxime groups is 1. The van der Waals surface area contributed by atoms with Crippen LogP contribution in [0, 0.1) is 0 Å². The van der Waals surface area contributed by atoms with Crippen molar-refractivity contribution >= 4 is 96.5 Å². The van der Waals surface area contributed by atoms with Crippen LogP contribution in [0.2, 0.25) is 0 Å². The number of phenols is 2. The first-order chi connectivity index (χ1) is 19.0. The summed E-state index contributed by atoms with van der Waals surface area (Å²) in [6.07, 6.45) is 0. The molecule has 2 aliphatic rings. The minimum absolute atomic E-state index is 0.0333. The largest absolute Gasteiger partial charge is 0.504 e. The number of carbonyl (C=O) groups is 3. The Morgan fingerprint density at radius 2 is 2.02 bits per heavy atom. The molecule has 3 aromatic rings. The molecule has 2 atom stereocenters. The Balaban J connectivity index is 1.53. The summed E-state index contributed by atoms with van der Waals surface area (Å²) in [6.45, 7) is 0. The van der Waals surface area contributed by atoms with Crippen molar-refractivity contribution in [2.75, 3.05) is 18.6 Å². The summed E-state index contributed by atoms with van der Waals surface area (Å²) < 4.78 is 4.24. The van der Waals surface area contributed by atoms with Crippen molar-refractivity contribution in [3.63, 3.8) is 0 Å². The Labute approximate surface area is 240 Å². The number of aliphatic carboxylic acids is 1. The normalized spacial score (nSPS) is 20.6. The highest BCUT2D eigenvalue weighted by molar-refractivity contribution is 8.00. The predicted octanol–water partition coefficient (Wildman–Crippen LogP) is 0.723. The van der Waals surface area contributed by atoms with E-state index in [2.05, 4.69) is 19.8 Å². The second kappa shape index (κ2) is 10.1. The fourth-order valence-corrected chi connectivity index (χ4v) is 7.70. The molecule has 40 heavy (non-hydrogen) atoms. The number of carbonyl (C=O) groups excluding carboxylic acids is 2. The Hall–Kier alpha value is -4.13. The van der Waals surface area contributed by atoms with Gasteiger partial charge in [0.15, 0.2) is 27.6 Å². The van der Waals surface area contributed by atoms with Crippen LogP contribution in [0.15, 0.2) is 33.8 Å². The Morgan fingerprint density at radius 1 is 1.30 bits per heavy atom. The number of β-lactam (4-membered cyclic amide) rings is 1. The van der Waals surface area contributed by atoms with E-state index in [9.17, 15) is 34.5 Å². The van der Waals surface area contributed by atoms with E-state index in [0.717, 1.165) is 51.0 Å². The number of carboxylic acids is 1. The van der Waals surface area contributed by atoms with Gasteiger partial charge in [-0.25, -0.2) is 4.79 Å². The van der Waals surface area contributed by atoms with Crippen molar-refractivity contribution in [1.82, 2.24) is 19.6 Å². The number of thioether (sulfide) groups is 1. The lowest BCUT2D eigenvalue weighted by Gasteiger charge is -2.55. The van der Waals surface area contributed by atoms with Crippen molar-refractivity contribution in [2.45, 2.75) is 10.9 Å². The fourth-order valence-electron chi connectivity index (χ4n) is 4.20. The molecule has 4 heterocycles. The molecule has 5 rings (SSSR count). The number of aromatic nitrogens is 2. The van der Waals surface area contributed by atoms with Crippen LogP contribution in [-0.2, 0) is 19.2 Å². The quantitative estimate of drug-likeness (QED) is 0.0810. The number of nitrogens with two attached hydrogens (primary N) is 1. The molecule has 2 aromatic heterocycles. The Morgan fingerprint density at radius 3 is 2.65 bits per heavy atom. The maximum atomic E-state index is 13.5. The molecule has 0 spiro atoms. The van der Waals surface area contributed by atoms with Crippen molar-refractivity contribution in [3.05, 3.63) is 44.8 Å². The van der Waals surface area contributed by atoms with Crippen LogP contribution in [0.3, 0.4) is 0 Å². The lowest BCUT2D eigenvalue weighted by atomic mass is 9.87. The molecule has 14 nitrogen and oxygen atoms in total. The summed E-state index contributed by atoms with van der Waals surface area (Å²) in [6, 6.07) is 3.53. The zero-order chi connectivity index (χ0) is 28.9. The van der Waals surface area contributed by atoms with Gasteiger partial charge in [0.1, 0.15) is 18.2 Å². The first-order valence-electron chi connectivity index (χ1n) is 10.9. The van der Waals surface area contributed by atoms with E-state index in [1.807, 2.05) is 0 Å². The van der Waals surface area contributed by atoms with Crippen LogP contribution in [0.25, 0.3) is 15.7 Å². The van der Waals surface area contributed by atoms with Crippen LogP contribution in [0.4, 0.5) is 5.13 Å². The first-order valence-corrected chi connectivity index (χ1v) is 14.0. The molecule has 0 aliphatic carbocycles. The van der Waals surface area contributed by atoms with E-state index in [4.69, 9.17) is 22.8 Å². The van der Waals surface area contributed by atoms with Crippen LogP contribution in [-0.4, -0.2) is 82.2 Å². The summed E-state index contributed by atoms with van der Waals surface area (Å²) in [4.78, 5) is 61.8. The number of nitrogens with one attached hydrogen (secondary N) is 1. The van der Waals surface area contributed by atoms with Gasteiger partial charge in [0, 0.05) is 55.3 Å². The highest BCUT2D eigenvalue weighted by atomic mass is 32.2. The standard InChI is InChI=1S/C22H16N6O8S4/c1-36-26-14(16-24-21(23)40-27-16)17(32)25-22(6-37)19(35)28-15(18(33)34)8(5-38-20(22)28)13-3-9(29)7-2-10(30)11(31)4-12(7)39-13/h2-4,6,20,30-31H,5H2,1H3,(H,25,32)(H,33,34)(H2,23,24,27)/b26-14-/t20-,22+/m0/s1. The van der Waals surface area contributed by atoms with Gasteiger partial charge in [0.05, 0.1) is 0 Å². The van der Waals surface area contributed by atoms with Crippen LogP contribution >= 0.6 is 46.8 Å². The van der Waals surface area contributed by atoms with E-state index in [1.54, 1.807) is 0 Å². The van der Waals surface area contributed by atoms with Crippen molar-refractivity contribution in [2.24, 2.45) is 5.16 Å². The van der Waals surface area contributed by atoms with Crippen LogP contribution in [0.5, 0.6) is 11.5 Å². The van der Waals surface area contributed by atoms with E-state index in [0.29, 0.717) is 4.70 Å². The van der Waals surface area contributed by atoms with Gasteiger partial charge in [-0.3, -0.25) is 19.3 Å². The number of hydrogen-bond acceptors (Lipinski definition) is 15. The third-order valence-corrected chi connectivity index (χ3v) is 9.40. The second-order valence-electron chi connectivity index (χ2n) is 8.30. The number of phenolic OH excluding ortho intramolecular Hbond substituents is 2. The number of anilines is 1. The van der Waals surface area contributed by atoms with Crippen molar-refractivity contribution in [3.8, 4) is 11.5 Å². The van der Waals surface area contributed by atoms with Gasteiger partial charge in [-0.15, -0.1) is 23.1 Å². The molecular formula is C22H16N6O8S4. The zero-order valence-electron chi connectivity index (χ0n) is 20.0. The molecule has 0 bridgehead atoms. The maximum Gasteiger partial charge on any atom is 0.353 e. The monoisotopic (exact) mass is 620 g/mol. The molecule has 206 valence electrons. The van der Waals surface area contributed by atoms with Gasteiger partial charge in [0.2, 0.25) is 11.5 Å². The number of rotatable bonds is 7. The topological polar surface area (TPSA) is 218 Å². The number of carboxylic acid groups (broad SMARTS) is 1. The zero-order valence-corrected chi connectivity index (χ0v) is 23.2. The molecule has 2 amide bonds.